The number of benzene rings is 2. The Morgan fingerprint density at radius 2 is 1.65 bits per heavy atom. The van der Waals surface area contributed by atoms with Gasteiger partial charge in [-0.05, 0) is 30.3 Å². The molecule has 1 saturated heterocycles. The molecule has 5 nitrogen and oxygen atoms in total. The Balaban J connectivity index is 1.53. The predicted molar refractivity (Wildman–Crippen MR) is 104 cm³/mol. The molecule has 1 fully saturated rings. The van der Waals surface area contributed by atoms with Gasteiger partial charge in [-0.25, -0.2) is 8.42 Å². The van der Waals surface area contributed by atoms with Crippen molar-refractivity contribution in [3.63, 3.8) is 0 Å². The van der Waals surface area contributed by atoms with Crippen molar-refractivity contribution in [2.45, 2.75) is 4.90 Å². The third-order valence-corrected chi connectivity index (χ3v) is 6.88. The lowest BCUT2D eigenvalue weighted by Crippen LogP contribution is -2.49. The zero-order chi connectivity index (χ0) is 18.6. The smallest absolute Gasteiger partial charge is 0.244 e. The van der Waals surface area contributed by atoms with Gasteiger partial charge in [-0.15, -0.1) is 0 Å². The number of hydrogen-bond donors (Lipinski definition) is 0. The molecule has 0 atom stereocenters. The molecule has 0 spiro atoms. The van der Waals surface area contributed by atoms with Gasteiger partial charge in [0, 0.05) is 37.7 Å². The van der Waals surface area contributed by atoms with E-state index in [4.69, 9.17) is 27.9 Å². The lowest BCUT2D eigenvalue weighted by molar-refractivity contribution is 0.159. The topological polar surface area (TPSA) is 49.9 Å². The molecular formula is C18H20Cl2N2O3S. The fourth-order valence-corrected chi connectivity index (χ4v) is 4.98. The molecule has 2 aromatic rings. The SMILES string of the molecule is O=S(=O)(c1cc(Cl)ccc1Cl)N1CCN(CCOc2ccccc2)CC1. The number of hydrogen-bond acceptors (Lipinski definition) is 4. The predicted octanol–water partition coefficient (Wildman–Crippen LogP) is 3.38. The van der Waals surface area contributed by atoms with Gasteiger partial charge in [0.15, 0.2) is 0 Å². The first-order chi connectivity index (χ1) is 12.5. The molecule has 8 heteroatoms. The van der Waals surface area contributed by atoms with Crippen LogP contribution in [0.3, 0.4) is 0 Å². The van der Waals surface area contributed by atoms with Crippen LogP contribution >= 0.6 is 23.2 Å². The third-order valence-electron chi connectivity index (χ3n) is 4.26. The summed E-state index contributed by atoms with van der Waals surface area (Å²) >= 11 is 12.0. The van der Waals surface area contributed by atoms with Gasteiger partial charge in [0.25, 0.3) is 0 Å². The van der Waals surface area contributed by atoms with E-state index in [0.717, 1.165) is 12.3 Å². The van der Waals surface area contributed by atoms with Crippen molar-refractivity contribution in [2.75, 3.05) is 39.3 Å². The Labute approximate surface area is 164 Å². The average molecular weight is 415 g/mol. The fraction of sp³-hybridized carbons (Fsp3) is 0.333. The van der Waals surface area contributed by atoms with Crippen LogP contribution in [0.4, 0.5) is 0 Å². The largest absolute Gasteiger partial charge is 0.492 e. The summed E-state index contributed by atoms with van der Waals surface area (Å²) in [5.74, 6) is 0.837. The summed E-state index contributed by atoms with van der Waals surface area (Å²) < 4.78 is 32.8. The lowest BCUT2D eigenvalue weighted by Gasteiger charge is -2.34. The summed E-state index contributed by atoms with van der Waals surface area (Å²) in [5, 5.41) is 0.540. The zero-order valence-corrected chi connectivity index (χ0v) is 16.5. The second kappa shape index (κ2) is 8.59. The van der Waals surface area contributed by atoms with E-state index in [0.29, 0.717) is 37.8 Å². The number of halogens is 2. The number of piperazine rings is 1. The summed E-state index contributed by atoms with van der Waals surface area (Å²) in [4.78, 5) is 2.25. The van der Waals surface area contributed by atoms with E-state index in [1.165, 1.54) is 16.4 Å². The van der Waals surface area contributed by atoms with Crippen molar-refractivity contribution in [1.82, 2.24) is 9.21 Å². The Bertz CT molecular complexity index is 839. The van der Waals surface area contributed by atoms with Crippen LogP contribution in [0.2, 0.25) is 10.0 Å². The van der Waals surface area contributed by atoms with Gasteiger partial charge in [0.1, 0.15) is 17.3 Å². The van der Waals surface area contributed by atoms with Crippen LogP contribution in [0.25, 0.3) is 0 Å². The maximum absolute atomic E-state index is 12.8. The van der Waals surface area contributed by atoms with E-state index < -0.39 is 10.0 Å². The first kappa shape index (κ1) is 19.5. The van der Waals surface area contributed by atoms with E-state index in [2.05, 4.69) is 4.90 Å². The van der Waals surface area contributed by atoms with Gasteiger partial charge >= 0.3 is 0 Å². The Morgan fingerprint density at radius 3 is 2.35 bits per heavy atom. The third kappa shape index (κ3) is 4.69. The highest BCUT2D eigenvalue weighted by Crippen LogP contribution is 2.28. The number of para-hydroxylation sites is 1. The molecule has 0 saturated carbocycles. The van der Waals surface area contributed by atoms with E-state index in [9.17, 15) is 8.42 Å². The highest BCUT2D eigenvalue weighted by molar-refractivity contribution is 7.89. The lowest BCUT2D eigenvalue weighted by atomic mass is 10.3. The summed E-state index contributed by atoms with van der Waals surface area (Å²) in [6, 6.07) is 14.1. The van der Waals surface area contributed by atoms with E-state index >= 15 is 0 Å². The van der Waals surface area contributed by atoms with Gasteiger partial charge in [-0.3, -0.25) is 4.90 Å². The number of nitrogens with zero attached hydrogens (tertiary/aromatic N) is 2. The van der Waals surface area contributed by atoms with Crippen LogP contribution in [0.5, 0.6) is 5.75 Å². The van der Waals surface area contributed by atoms with Crippen molar-refractivity contribution in [2.24, 2.45) is 0 Å². The molecule has 0 radical (unpaired) electrons. The molecule has 2 aromatic carbocycles. The Kier molecular flexibility index (Phi) is 6.42. The summed E-state index contributed by atoms with van der Waals surface area (Å²) in [6.45, 7) is 3.44. The molecule has 0 amide bonds. The molecule has 0 N–H and O–H groups in total. The normalized spacial score (nSPS) is 16.5. The summed E-state index contributed by atoms with van der Waals surface area (Å²) in [6.07, 6.45) is 0. The molecule has 0 unspecified atom stereocenters. The number of rotatable bonds is 6. The summed E-state index contributed by atoms with van der Waals surface area (Å²) in [5.41, 5.74) is 0. The molecule has 0 aliphatic carbocycles. The first-order valence-electron chi connectivity index (χ1n) is 8.32. The highest BCUT2D eigenvalue weighted by Gasteiger charge is 2.30. The fourth-order valence-electron chi connectivity index (χ4n) is 2.82. The van der Waals surface area contributed by atoms with Crippen molar-refractivity contribution in [3.05, 3.63) is 58.6 Å². The minimum Gasteiger partial charge on any atom is -0.492 e. The van der Waals surface area contributed by atoms with Crippen molar-refractivity contribution in [3.8, 4) is 5.75 Å². The maximum atomic E-state index is 12.8. The first-order valence-corrected chi connectivity index (χ1v) is 10.5. The zero-order valence-electron chi connectivity index (χ0n) is 14.1. The molecule has 3 rings (SSSR count). The quantitative estimate of drug-likeness (QED) is 0.726. The van der Waals surface area contributed by atoms with E-state index in [1.54, 1.807) is 6.07 Å². The molecular weight excluding hydrogens is 395 g/mol. The van der Waals surface area contributed by atoms with E-state index in [-0.39, 0.29) is 9.92 Å². The van der Waals surface area contributed by atoms with Gasteiger partial charge in [-0.2, -0.15) is 4.31 Å². The van der Waals surface area contributed by atoms with Gasteiger partial charge in [0.2, 0.25) is 10.0 Å². The highest BCUT2D eigenvalue weighted by atomic mass is 35.5. The van der Waals surface area contributed by atoms with Crippen LogP contribution in [-0.4, -0.2) is 57.0 Å². The van der Waals surface area contributed by atoms with Gasteiger partial charge in [-0.1, -0.05) is 41.4 Å². The second-order valence-corrected chi connectivity index (χ2v) is 8.73. The molecule has 0 aromatic heterocycles. The van der Waals surface area contributed by atoms with Gasteiger partial charge < -0.3 is 4.74 Å². The molecule has 0 bridgehead atoms. The van der Waals surface area contributed by atoms with Crippen LogP contribution in [0, 0.1) is 0 Å². The number of sulfonamides is 1. The Morgan fingerprint density at radius 1 is 0.962 bits per heavy atom. The maximum Gasteiger partial charge on any atom is 0.244 e. The Hall–Kier alpha value is -1.31. The minimum absolute atomic E-state index is 0.0625. The van der Waals surface area contributed by atoms with Gasteiger partial charge in [0.05, 0.1) is 5.02 Å². The molecule has 1 aliphatic rings. The average Bonchev–Trinajstić information content (AvgIpc) is 2.65. The molecule has 1 aliphatic heterocycles. The van der Waals surface area contributed by atoms with Crippen molar-refractivity contribution < 1.29 is 13.2 Å². The standard InChI is InChI=1S/C18H20Cl2N2O3S/c19-15-6-7-17(20)18(14-15)26(23,24)22-10-8-21(9-11-22)12-13-25-16-4-2-1-3-5-16/h1-7,14H,8-13H2. The van der Waals surface area contributed by atoms with E-state index in [1.807, 2.05) is 30.3 Å². The molecule has 140 valence electrons. The van der Waals surface area contributed by atoms with Crippen LogP contribution in [0.1, 0.15) is 0 Å². The molecule has 1 heterocycles. The van der Waals surface area contributed by atoms with Crippen LogP contribution < -0.4 is 4.74 Å². The van der Waals surface area contributed by atoms with Crippen LogP contribution in [0.15, 0.2) is 53.4 Å². The minimum atomic E-state index is -3.64. The van der Waals surface area contributed by atoms with Crippen molar-refractivity contribution in [1.29, 1.82) is 0 Å². The monoisotopic (exact) mass is 414 g/mol. The van der Waals surface area contributed by atoms with Crippen molar-refractivity contribution >= 4 is 33.2 Å². The van der Waals surface area contributed by atoms with Crippen LogP contribution in [-0.2, 0) is 10.0 Å². The number of ether oxygens (including phenoxy) is 1. The second-order valence-electron chi connectivity index (χ2n) is 5.98. The summed E-state index contributed by atoms with van der Waals surface area (Å²) in [7, 11) is -3.64. The molecule has 26 heavy (non-hydrogen) atoms.